The smallest absolute Gasteiger partial charge is 0.355 e. The predicted octanol–water partition coefficient (Wildman–Crippen LogP) is 4.52. The molecule has 1 aliphatic heterocycles. The number of hydrogen-bond donors (Lipinski definition) is 0. The van der Waals surface area contributed by atoms with E-state index in [1.807, 2.05) is 17.0 Å². The molecule has 3 aromatic rings. The van der Waals surface area contributed by atoms with Crippen molar-refractivity contribution in [2.24, 2.45) is 0 Å². The monoisotopic (exact) mass is 437 g/mol. The van der Waals surface area contributed by atoms with Crippen LogP contribution < -0.4 is 4.90 Å². The van der Waals surface area contributed by atoms with Crippen molar-refractivity contribution in [2.45, 2.75) is 19.1 Å². The number of benzene rings is 1. The summed E-state index contributed by atoms with van der Waals surface area (Å²) < 4.78 is 43.6. The summed E-state index contributed by atoms with van der Waals surface area (Å²) in [7, 11) is 0. The van der Waals surface area contributed by atoms with E-state index in [9.17, 15) is 13.2 Å². The highest BCUT2D eigenvalue weighted by molar-refractivity contribution is 6.30. The first-order valence-electron chi connectivity index (χ1n) is 9.47. The van der Waals surface area contributed by atoms with E-state index in [0.29, 0.717) is 48.7 Å². The predicted molar refractivity (Wildman–Crippen MR) is 106 cm³/mol. The summed E-state index contributed by atoms with van der Waals surface area (Å²) in [6.45, 7) is 3.38. The highest BCUT2D eigenvalue weighted by atomic mass is 35.5. The summed E-state index contributed by atoms with van der Waals surface area (Å²) in [5, 5.41) is 4.62. The van der Waals surface area contributed by atoms with Crippen molar-refractivity contribution in [2.75, 3.05) is 31.1 Å². The summed E-state index contributed by atoms with van der Waals surface area (Å²) in [5.74, 6) is 1.54. The average molecular weight is 438 g/mol. The van der Waals surface area contributed by atoms with Gasteiger partial charge >= 0.3 is 6.18 Å². The number of nitrogens with zero attached hydrogens (tertiary/aromatic N) is 5. The summed E-state index contributed by atoms with van der Waals surface area (Å²) in [4.78, 5) is 12.6. The van der Waals surface area contributed by atoms with Crippen LogP contribution in [0.1, 0.15) is 17.9 Å². The molecule has 0 aliphatic carbocycles. The van der Waals surface area contributed by atoms with E-state index in [1.165, 1.54) is 6.07 Å². The van der Waals surface area contributed by atoms with Crippen LogP contribution in [0.25, 0.3) is 11.4 Å². The third-order valence-corrected chi connectivity index (χ3v) is 5.13. The molecule has 4 rings (SSSR count). The fourth-order valence-electron chi connectivity index (χ4n) is 3.35. The van der Waals surface area contributed by atoms with E-state index < -0.39 is 11.7 Å². The molecule has 1 aliphatic rings. The molecule has 0 bridgehead atoms. The molecule has 2 aromatic heterocycles. The first-order valence-corrected chi connectivity index (χ1v) is 9.85. The molecule has 30 heavy (non-hydrogen) atoms. The Labute approximate surface area is 176 Å². The molecular formula is C20H19ClF3N5O. The first-order chi connectivity index (χ1) is 14.4. The van der Waals surface area contributed by atoms with Gasteiger partial charge in [0, 0.05) is 43.0 Å². The third-order valence-electron chi connectivity index (χ3n) is 4.90. The quantitative estimate of drug-likeness (QED) is 0.598. The Morgan fingerprint density at radius 1 is 1.07 bits per heavy atom. The van der Waals surface area contributed by atoms with Gasteiger partial charge < -0.3 is 9.42 Å². The maximum absolute atomic E-state index is 12.7. The van der Waals surface area contributed by atoms with Gasteiger partial charge in [-0.15, -0.1) is 0 Å². The van der Waals surface area contributed by atoms with Crippen molar-refractivity contribution in [1.29, 1.82) is 0 Å². The zero-order valence-corrected chi connectivity index (χ0v) is 16.7. The van der Waals surface area contributed by atoms with Crippen LogP contribution in [0.3, 0.4) is 0 Å². The van der Waals surface area contributed by atoms with Gasteiger partial charge in [0.1, 0.15) is 5.82 Å². The van der Waals surface area contributed by atoms with Crippen LogP contribution in [0, 0.1) is 0 Å². The minimum atomic E-state index is -4.38. The number of rotatable bonds is 4. The lowest BCUT2D eigenvalue weighted by molar-refractivity contribution is -0.137. The number of aromatic nitrogens is 3. The van der Waals surface area contributed by atoms with E-state index in [-0.39, 0.29) is 0 Å². The van der Waals surface area contributed by atoms with Gasteiger partial charge in [-0.2, -0.15) is 18.2 Å². The highest BCUT2D eigenvalue weighted by Crippen LogP contribution is 2.29. The van der Waals surface area contributed by atoms with Gasteiger partial charge in [0.25, 0.3) is 0 Å². The van der Waals surface area contributed by atoms with Gasteiger partial charge in [0.05, 0.1) is 12.1 Å². The molecule has 0 atom stereocenters. The lowest BCUT2D eigenvalue weighted by Gasteiger charge is -2.22. The van der Waals surface area contributed by atoms with Crippen molar-refractivity contribution in [3.63, 3.8) is 0 Å². The largest absolute Gasteiger partial charge is 0.417 e. The minimum Gasteiger partial charge on any atom is -0.355 e. The molecule has 0 unspecified atom stereocenters. The second-order valence-electron chi connectivity index (χ2n) is 7.04. The van der Waals surface area contributed by atoms with E-state index >= 15 is 0 Å². The Morgan fingerprint density at radius 2 is 1.93 bits per heavy atom. The number of halogens is 4. The van der Waals surface area contributed by atoms with E-state index in [2.05, 4.69) is 20.0 Å². The summed E-state index contributed by atoms with van der Waals surface area (Å²) >= 11 is 6.01. The molecule has 3 heterocycles. The summed E-state index contributed by atoms with van der Waals surface area (Å²) in [6.07, 6.45) is -2.65. The Kier molecular flexibility index (Phi) is 5.92. The second-order valence-corrected chi connectivity index (χ2v) is 7.48. The van der Waals surface area contributed by atoms with Gasteiger partial charge in [-0.1, -0.05) is 28.9 Å². The average Bonchev–Trinajstić information content (AvgIpc) is 3.05. The van der Waals surface area contributed by atoms with Gasteiger partial charge in [-0.3, -0.25) is 4.90 Å². The molecule has 6 nitrogen and oxygen atoms in total. The van der Waals surface area contributed by atoms with Crippen molar-refractivity contribution >= 4 is 17.4 Å². The molecule has 0 saturated carbocycles. The molecule has 0 amide bonds. The van der Waals surface area contributed by atoms with Crippen molar-refractivity contribution in [3.05, 3.63) is 59.1 Å². The van der Waals surface area contributed by atoms with Gasteiger partial charge in [0.2, 0.25) is 11.7 Å². The standard InChI is InChI=1S/C20H19ClF3N5O/c21-16-4-1-3-14(11-16)19-26-18(30-27-19)13-28-7-2-8-29(10-9-28)17-6-5-15(12-25-17)20(22,23)24/h1,3-6,11-12H,2,7-10,13H2. The van der Waals surface area contributed by atoms with Gasteiger partial charge in [-0.25, -0.2) is 4.98 Å². The maximum Gasteiger partial charge on any atom is 0.417 e. The molecule has 1 aromatic carbocycles. The molecule has 0 spiro atoms. The summed E-state index contributed by atoms with van der Waals surface area (Å²) in [5.41, 5.74) is 0.0440. The summed E-state index contributed by atoms with van der Waals surface area (Å²) in [6, 6.07) is 9.74. The van der Waals surface area contributed by atoms with Gasteiger partial charge in [0.15, 0.2) is 0 Å². The number of pyridine rings is 1. The minimum absolute atomic E-state index is 0.484. The fourth-order valence-corrected chi connectivity index (χ4v) is 3.54. The van der Waals surface area contributed by atoms with Gasteiger partial charge in [-0.05, 0) is 30.7 Å². The Balaban J connectivity index is 1.37. The zero-order chi connectivity index (χ0) is 21.1. The Hall–Kier alpha value is -2.65. The lowest BCUT2D eigenvalue weighted by Crippen LogP contribution is -2.31. The van der Waals surface area contributed by atoms with Crippen LogP contribution in [0.5, 0.6) is 0 Å². The molecule has 0 N–H and O–H groups in total. The van der Waals surface area contributed by atoms with Crippen LogP contribution in [0.4, 0.5) is 19.0 Å². The number of anilines is 1. The fraction of sp³-hybridized carbons (Fsp3) is 0.350. The first kappa shape index (κ1) is 20.6. The second kappa shape index (κ2) is 8.61. The normalized spacial score (nSPS) is 15.9. The molecule has 0 radical (unpaired) electrons. The molecular weight excluding hydrogens is 419 g/mol. The highest BCUT2D eigenvalue weighted by Gasteiger charge is 2.31. The topological polar surface area (TPSA) is 58.3 Å². The Morgan fingerprint density at radius 3 is 2.67 bits per heavy atom. The Bertz CT molecular complexity index is 993. The van der Waals surface area contributed by atoms with Crippen LogP contribution >= 0.6 is 11.6 Å². The number of hydrogen-bond acceptors (Lipinski definition) is 6. The maximum atomic E-state index is 12.7. The van der Waals surface area contributed by atoms with Crippen molar-refractivity contribution < 1.29 is 17.7 Å². The van der Waals surface area contributed by atoms with Crippen LogP contribution in [-0.2, 0) is 12.7 Å². The third kappa shape index (κ3) is 4.91. The molecule has 1 saturated heterocycles. The SMILES string of the molecule is FC(F)(F)c1ccc(N2CCCN(Cc3nc(-c4cccc(Cl)c4)no3)CC2)nc1. The van der Waals surface area contributed by atoms with Crippen LogP contribution in [0.2, 0.25) is 5.02 Å². The molecule has 1 fully saturated rings. The molecule has 10 heteroatoms. The zero-order valence-electron chi connectivity index (χ0n) is 15.9. The van der Waals surface area contributed by atoms with E-state index in [1.54, 1.807) is 12.1 Å². The molecule has 158 valence electrons. The number of alkyl halides is 3. The van der Waals surface area contributed by atoms with Crippen molar-refractivity contribution in [3.8, 4) is 11.4 Å². The lowest BCUT2D eigenvalue weighted by atomic mass is 10.2. The van der Waals surface area contributed by atoms with Crippen LogP contribution in [0.15, 0.2) is 47.1 Å². The van der Waals surface area contributed by atoms with E-state index in [4.69, 9.17) is 16.1 Å². The van der Waals surface area contributed by atoms with E-state index in [0.717, 1.165) is 30.8 Å². The van der Waals surface area contributed by atoms with Crippen LogP contribution in [-0.4, -0.2) is 46.2 Å². The van der Waals surface area contributed by atoms with Crippen molar-refractivity contribution in [1.82, 2.24) is 20.0 Å².